The van der Waals surface area contributed by atoms with E-state index in [4.69, 9.17) is 0 Å². The Hall–Kier alpha value is -1.76. The van der Waals surface area contributed by atoms with Gasteiger partial charge >= 0.3 is 0 Å². The second kappa shape index (κ2) is 5.48. The van der Waals surface area contributed by atoms with Gasteiger partial charge in [-0.3, -0.25) is 0 Å². The quantitative estimate of drug-likeness (QED) is 0.825. The molecule has 0 aliphatic rings. The Labute approximate surface area is 116 Å². The SMILES string of the molecule is Cc1cc(C)cc(NCc2cc(C)c(C)cc2C)c1. The Morgan fingerprint density at radius 3 is 1.89 bits per heavy atom. The van der Waals surface area contributed by atoms with Crippen LogP contribution in [0.4, 0.5) is 5.69 Å². The fraction of sp³-hybridized carbons (Fsp3) is 0.333. The topological polar surface area (TPSA) is 12.0 Å². The van der Waals surface area contributed by atoms with Crippen LogP contribution >= 0.6 is 0 Å². The lowest BCUT2D eigenvalue weighted by molar-refractivity contribution is 1.10. The minimum absolute atomic E-state index is 0.885. The van der Waals surface area contributed by atoms with E-state index in [0.717, 1.165) is 6.54 Å². The smallest absolute Gasteiger partial charge is 0.0403 e. The first-order valence-corrected chi connectivity index (χ1v) is 6.84. The molecule has 0 amide bonds. The van der Waals surface area contributed by atoms with Crippen molar-refractivity contribution in [3.8, 4) is 0 Å². The fourth-order valence-electron chi connectivity index (χ4n) is 2.48. The Kier molecular flexibility index (Phi) is 3.94. The molecule has 0 fully saturated rings. The Morgan fingerprint density at radius 2 is 1.26 bits per heavy atom. The van der Waals surface area contributed by atoms with Gasteiger partial charge in [-0.25, -0.2) is 0 Å². The summed E-state index contributed by atoms with van der Waals surface area (Å²) in [6.07, 6.45) is 0. The number of anilines is 1. The van der Waals surface area contributed by atoms with E-state index in [1.165, 1.54) is 39.1 Å². The number of rotatable bonds is 3. The highest BCUT2D eigenvalue weighted by molar-refractivity contribution is 5.49. The molecule has 2 rings (SSSR count). The molecule has 0 radical (unpaired) electrons. The molecule has 0 bridgehead atoms. The second-order valence-corrected chi connectivity index (χ2v) is 5.59. The third-order valence-electron chi connectivity index (χ3n) is 3.66. The van der Waals surface area contributed by atoms with Crippen LogP contribution in [-0.4, -0.2) is 0 Å². The van der Waals surface area contributed by atoms with E-state index in [2.05, 4.69) is 70.3 Å². The summed E-state index contributed by atoms with van der Waals surface area (Å²) in [5.74, 6) is 0. The van der Waals surface area contributed by atoms with Crippen molar-refractivity contribution in [2.24, 2.45) is 0 Å². The van der Waals surface area contributed by atoms with Gasteiger partial charge in [0.2, 0.25) is 0 Å². The highest BCUT2D eigenvalue weighted by atomic mass is 14.9. The molecule has 2 aromatic carbocycles. The summed E-state index contributed by atoms with van der Waals surface area (Å²) < 4.78 is 0. The minimum atomic E-state index is 0.885. The molecule has 100 valence electrons. The van der Waals surface area contributed by atoms with Crippen LogP contribution in [0.3, 0.4) is 0 Å². The fourth-order valence-corrected chi connectivity index (χ4v) is 2.48. The van der Waals surface area contributed by atoms with Gasteiger partial charge in [0.25, 0.3) is 0 Å². The molecule has 19 heavy (non-hydrogen) atoms. The average molecular weight is 253 g/mol. The van der Waals surface area contributed by atoms with Gasteiger partial charge in [-0.2, -0.15) is 0 Å². The summed E-state index contributed by atoms with van der Waals surface area (Å²) in [6.45, 7) is 11.7. The Bertz CT molecular complexity index is 577. The largest absolute Gasteiger partial charge is 0.381 e. The lowest BCUT2D eigenvalue weighted by atomic mass is 10.0. The van der Waals surface area contributed by atoms with Gasteiger partial charge < -0.3 is 5.32 Å². The Balaban J connectivity index is 2.16. The van der Waals surface area contributed by atoms with Gasteiger partial charge in [0, 0.05) is 12.2 Å². The summed E-state index contributed by atoms with van der Waals surface area (Å²) in [5.41, 5.74) is 9.28. The monoisotopic (exact) mass is 253 g/mol. The first kappa shape index (κ1) is 13.7. The van der Waals surface area contributed by atoms with Crippen LogP contribution in [0.15, 0.2) is 30.3 Å². The van der Waals surface area contributed by atoms with Crippen molar-refractivity contribution >= 4 is 5.69 Å². The predicted octanol–water partition coefficient (Wildman–Crippen LogP) is 4.84. The molecule has 0 aliphatic carbocycles. The number of aryl methyl sites for hydroxylation is 5. The molecule has 0 atom stereocenters. The molecule has 0 heterocycles. The van der Waals surface area contributed by atoms with Gasteiger partial charge in [-0.15, -0.1) is 0 Å². The van der Waals surface area contributed by atoms with E-state index in [-0.39, 0.29) is 0 Å². The molecule has 0 saturated carbocycles. The molecule has 0 aromatic heterocycles. The molecular weight excluding hydrogens is 230 g/mol. The maximum absolute atomic E-state index is 3.53. The summed E-state index contributed by atoms with van der Waals surface area (Å²) >= 11 is 0. The third-order valence-corrected chi connectivity index (χ3v) is 3.66. The van der Waals surface area contributed by atoms with E-state index < -0.39 is 0 Å². The van der Waals surface area contributed by atoms with Crippen LogP contribution in [-0.2, 0) is 6.54 Å². The van der Waals surface area contributed by atoms with Crippen molar-refractivity contribution in [2.45, 2.75) is 41.2 Å². The predicted molar refractivity (Wildman–Crippen MR) is 83.9 cm³/mol. The van der Waals surface area contributed by atoms with Crippen molar-refractivity contribution in [3.05, 3.63) is 63.7 Å². The van der Waals surface area contributed by atoms with Crippen LogP contribution in [0.1, 0.15) is 33.4 Å². The summed E-state index contributed by atoms with van der Waals surface area (Å²) in [6, 6.07) is 11.2. The van der Waals surface area contributed by atoms with Gasteiger partial charge in [0.05, 0.1) is 0 Å². The van der Waals surface area contributed by atoms with Crippen molar-refractivity contribution in [3.63, 3.8) is 0 Å². The lowest BCUT2D eigenvalue weighted by Crippen LogP contribution is -2.03. The van der Waals surface area contributed by atoms with E-state index in [1.54, 1.807) is 0 Å². The van der Waals surface area contributed by atoms with Crippen LogP contribution in [0, 0.1) is 34.6 Å². The first-order valence-electron chi connectivity index (χ1n) is 6.84. The summed E-state index contributed by atoms with van der Waals surface area (Å²) in [7, 11) is 0. The van der Waals surface area contributed by atoms with Crippen molar-refractivity contribution in [2.75, 3.05) is 5.32 Å². The van der Waals surface area contributed by atoms with E-state index >= 15 is 0 Å². The van der Waals surface area contributed by atoms with Crippen LogP contribution in [0.2, 0.25) is 0 Å². The molecule has 0 saturated heterocycles. The molecule has 0 spiro atoms. The Morgan fingerprint density at radius 1 is 0.684 bits per heavy atom. The van der Waals surface area contributed by atoms with Gasteiger partial charge in [-0.05, 0) is 80.1 Å². The van der Waals surface area contributed by atoms with Crippen molar-refractivity contribution in [1.82, 2.24) is 0 Å². The van der Waals surface area contributed by atoms with E-state index in [1.807, 2.05) is 0 Å². The number of benzene rings is 2. The van der Waals surface area contributed by atoms with Gasteiger partial charge in [0.15, 0.2) is 0 Å². The molecule has 0 unspecified atom stereocenters. The molecule has 1 N–H and O–H groups in total. The number of hydrogen-bond donors (Lipinski definition) is 1. The minimum Gasteiger partial charge on any atom is -0.381 e. The zero-order chi connectivity index (χ0) is 14.0. The zero-order valence-electron chi connectivity index (χ0n) is 12.6. The second-order valence-electron chi connectivity index (χ2n) is 5.59. The summed E-state index contributed by atoms with van der Waals surface area (Å²) in [5, 5.41) is 3.53. The third kappa shape index (κ3) is 3.37. The molecule has 2 aromatic rings. The average Bonchev–Trinajstić information content (AvgIpc) is 2.31. The zero-order valence-corrected chi connectivity index (χ0v) is 12.6. The highest BCUT2D eigenvalue weighted by Crippen LogP contribution is 2.18. The van der Waals surface area contributed by atoms with Crippen molar-refractivity contribution in [1.29, 1.82) is 0 Å². The molecule has 1 heteroatoms. The van der Waals surface area contributed by atoms with E-state index in [0.29, 0.717) is 0 Å². The highest BCUT2D eigenvalue weighted by Gasteiger charge is 2.02. The van der Waals surface area contributed by atoms with Crippen LogP contribution < -0.4 is 5.32 Å². The van der Waals surface area contributed by atoms with E-state index in [9.17, 15) is 0 Å². The standard InChI is InChI=1S/C18H23N/c1-12-6-13(2)8-18(7-12)19-11-17-10-15(4)14(3)9-16(17)5/h6-10,19H,11H2,1-5H3. The van der Waals surface area contributed by atoms with Crippen LogP contribution in [0.25, 0.3) is 0 Å². The molecule has 1 nitrogen and oxygen atoms in total. The molecular formula is C18H23N. The normalized spacial score (nSPS) is 10.6. The maximum Gasteiger partial charge on any atom is 0.0403 e. The van der Waals surface area contributed by atoms with Crippen molar-refractivity contribution < 1.29 is 0 Å². The molecule has 0 aliphatic heterocycles. The van der Waals surface area contributed by atoms with Gasteiger partial charge in [-0.1, -0.05) is 18.2 Å². The maximum atomic E-state index is 3.53. The number of nitrogens with one attached hydrogen (secondary N) is 1. The van der Waals surface area contributed by atoms with Gasteiger partial charge in [0.1, 0.15) is 0 Å². The first-order chi connectivity index (χ1) is 8.95. The summed E-state index contributed by atoms with van der Waals surface area (Å²) in [4.78, 5) is 0. The number of hydrogen-bond acceptors (Lipinski definition) is 1. The lowest BCUT2D eigenvalue weighted by Gasteiger charge is -2.13. The van der Waals surface area contributed by atoms with Crippen LogP contribution in [0.5, 0.6) is 0 Å².